The van der Waals surface area contributed by atoms with Gasteiger partial charge in [0.2, 0.25) is 0 Å². The highest BCUT2D eigenvalue weighted by atomic mass is 16.5. The van der Waals surface area contributed by atoms with Crippen molar-refractivity contribution in [1.82, 2.24) is 9.88 Å². The molecule has 1 fully saturated rings. The highest BCUT2D eigenvalue weighted by Gasteiger charge is 2.25. The Morgan fingerprint density at radius 2 is 2.22 bits per heavy atom. The van der Waals surface area contributed by atoms with Crippen molar-refractivity contribution in [2.75, 3.05) is 20.2 Å². The third kappa shape index (κ3) is 1.54. The highest BCUT2D eigenvalue weighted by molar-refractivity contribution is 5.91. The van der Waals surface area contributed by atoms with Gasteiger partial charge in [0, 0.05) is 30.6 Å². The molecule has 1 saturated heterocycles. The summed E-state index contributed by atoms with van der Waals surface area (Å²) in [6.45, 7) is 4.42. The fourth-order valence-corrected chi connectivity index (χ4v) is 3.18. The molecule has 0 saturated carbocycles. The van der Waals surface area contributed by atoms with Crippen LogP contribution in [0.4, 0.5) is 0 Å². The molecule has 1 unspecified atom stereocenters. The fraction of sp³-hybridized carbons (Fsp3) is 0.467. The first-order valence-corrected chi connectivity index (χ1v) is 6.56. The first-order valence-electron chi connectivity index (χ1n) is 6.56. The number of methoxy groups -OCH3 is 1. The van der Waals surface area contributed by atoms with Crippen LogP contribution >= 0.6 is 0 Å². The van der Waals surface area contributed by atoms with Gasteiger partial charge in [-0.2, -0.15) is 0 Å². The normalized spacial score (nSPS) is 19.6. The molecular weight excluding hydrogens is 224 g/mol. The van der Waals surface area contributed by atoms with Gasteiger partial charge in [0.05, 0.1) is 12.6 Å². The average Bonchev–Trinajstić information content (AvgIpc) is 2.98. The average molecular weight is 244 g/mol. The maximum absolute atomic E-state index is 5.56. The zero-order chi connectivity index (χ0) is 12.7. The van der Waals surface area contributed by atoms with Crippen molar-refractivity contribution < 1.29 is 4.74 Å². The van der Waals surface area contributed by atoms with Crippen LogP contribution in [0.1, 0.15) is 23.6 Å². The minimum absolute atomic E-state index is 0.616. The topological polar surface area (TPSA) is 26.2 Å². The van der Waals surface area contributed by atoms with Crippen molar-refractivity contribution >= 4 is 10.9 Å². The Labute approximate surface area is 108 Å². The van der Waals surface area contributed by atoms with Crippen LogP contribution < -0.4 is 10.1 Å². The molecule has 3 rings (SSSR count). The van der Waals surface area contributed by atoms with Gasteiger partial charge in [-0.05, 0) is 37.6 Å². The van der Waals surface area contributed by atoms with Gasteiger partial charge in [-0.25, -0.2) is 0 Å². The lowest BCUT2D eigenvalue weighted by atomic mass is 9.95. The number of hydrogen-bond acceptors (Lipinski definition) is 2. The van der Waals surface area contributed by atoms with Gasteiger partial charge in [0.15, 0.2) is 0 Å². The van der Waals surface area contributed by atoms with E-state index in [0.29, 0.717) is 5.92 Å². The third-order valence-electron chi connectivity index (χ3n) is 4.22. The van der Waals surface area contributed by atoms with Crippen LogP contribution in [-0.4, -0.2) is 24.8 Å². The van der Waals surface area contributed by atoms with Crippen molar-refractivity contribution in [2.45, 2.75) is 19.3 Å². The van der Waals surface area contributed by atoms with E-state index in [1.165, 1.54) is 28.6 Å². The largest absolute Gasteiger partial charge is 0.496 e. The second kappa shape index (κ2) is 4.32. The highest BCUT2D eigenvalue weighted by Crippen LogP contribution is 2.38. The zero-order valence-corrected chi connectivity index (χ0v) is 11.3. The molecule has 1 aliphatic rings. The molecule has 1 atom stereocenters. The third-order valence-corrected chi connectivity index (χ3v) is 4.22. The second-order valence-electron chi connectivity index (χ2n) is 5.10. The smallest absolute Gasteiger partial charge is 0.128 e. The van der Waals surface area contributed by atoms with E-state index in [4.69, 9.17) is 4.74 Å². The Hall–Kier alpha value is -1.48. The molecule has 1 N–H and O–H groups in total. The van der Waals surface area contributed by atoms with Crippen molar-refractivity contribution in [2.24, 2.45) is 7.05 Å². The maximum Gasteiger partial charge on any atom is 0.128 e. The second-order valence-corrected chi connectivity index (χ2v) is 5.10. The molecule has 1 aromatic heterocycles. The van der Waals surface area contributed by atoms with Gasteiger partial charge < -0.3 is 14.6 Å². The number of rotatable bonds is 2. The number of fused-ring (bicyclic) bond motifs is 1. The Morgan fingerprint density at radius 3 is 2.89 bits per heavy atom. The van der Waals surface area contributed by atoms with E-state index in [0.717, 1.165) is 18.8 Å². The molecule has 1 aromatic carbocycles. The van der Waals surface area contributed by atoms with E-state index in [9.17, 15) is 0 Å². The number of nitrogens with one attached hydrogen (secondary N) is 1. The first kappa shape index (κ1) is 11.6. The molecule has 0 amide bonds. The van der Waals surface area contributed by atoms with Gasteiger partial charge in [-0.1, -0.05) is 6.07 Å². The van der Waals surface area contributed by atoms with Crippen LogP contribution in [0.2, 0.25) is 0 Å². The van der Waals surface area contributed by atoms with Crippen molar-refractivity contribution in [1.29, 1.82) is 0 Å². The summed E-state index contributed by atoms with van der Waals surface area (Å²) < 4.78 is 7.85. The predicted octanol–water partition coefficient (Wildman–Crippen LogP) is 2.57. The maximum atomic E-state index is 5.56. The molecule has 1 aliphatic heterocycles. The van der Waals surface area contributed by atoms with E-state index in [1.54, 1.807) is 7.11 Å². The van der Waals surface area contributed by atoms with Crippen LogP contribution in [0, 0.1) is 6.92 Å². The minimum Gasteiger partial charge on any atom is -0.496 e. The van der Waals surface area contributed by atoms with Gasteiger partial charge in [0.25, 0.3) is 0 Å². The summed E-state index contributed by atoms with van der Waals surface area (Å²) in [6, 6.07) is 6.31. The lowest BCUT2D eigenvalue weighted by Crippen LogP contribution is -2.08. The van der Waals surface area contributed by atoms with E-state index in [1.807, 2.05) is 0 Å². The summed E-state index contributed by atoms with van der Waals surface area (Å²) >= 11 is 0. The number of nitrogens with zero attached hydrogens (tertiary/aromatic N) is 1. The van der Waals surface area contributed by atoms with Crippen molar-refractivity contribution in [3.63, 3.8) is 0 Å². The molecule has 2 heterocycles. The van der Waals surface area contributed by atoms with Crippen LogP contribution in [0.3, 0.4) is 0 Å². The summed E-state index contributed by atoms with van der Waals surface area (Å²) in [5.74, 6) is 1.61. The summed E-state index contributed by atoms with van der Waals surface area (Å²) in [4.78, 5) is 0. The van der Waals surface area contributed by atoms with Crippen LogP contribution in [-0.2, 0) is 7.05 Å². The molecule has 3 heteroatoms. The van der Waals surface area contributed by atoms with Crippen molar-refractivity contribution in [3.05, 3.63) is 29.5 Å². The lowest BCUT2D eigenvalue weighted by molar-refractivity contribution is 0.419. The predicted molar refractivity (Wildman–Crippen MR) is 74.4 cm³/mol. The van der Waals surface area contributed by atoms with E-state index < -0.39 is 0 Å². The van der Waals surface area contributed by atoms with Gasteiger partial charge in [0.1, 0.15) is 5.75 Å². The molecule has 18 heavy (non-hydrogen) atoms. The molecule has 3 nitrogen and oxygen atoms in total. The van der Waals surface area contributed by atoms with E-state index in [2.05, 4.69) is 42.1 Å². The van der Waals surface area contributed by atoms with Crippen LogP contribution in [0.15, 0.2) is 18.2 Å². The summed E-state index contributed by atoms with van der Waals surface area (Å²) in [7, 11) is 3.90. The molecule has 0 bridgehead atoms. The van der Waals surface area contributed by atoms with E-state index >= 15 is 0 Å². The van der Waals surface area contributed by atoms with E-state index in [-0.39, 0.29) is 0 Å². The quantitative estimate of drug-likeness (QED) is 0.878. The first-order chi connectivity index (χ1) is 8.74. The Morgan fingerprint density at radius 1 is 1.39 bits per heavy atom. The van der Waals surface area contributed by atoms with Crippen molar-refractivity contribution in [3.8, 4) is 5.75 Å². The van der Waals surface area contributed by atoms with Crippen LogP contribution in [0.25, 0.3) is 10.9 Å². The number of aryl methyl sites for hydroxylation is 1. The summed E-state index contributed by atoms with van der Waals surface area (Å²) in [5.41, 5.74) is 4.10. The SMILES string of the molecule is COc1cccc2c1c(C1CCNC1)c(C)n2C. The lowest BCUT2D eigenvalue weighted by Gasteiger charge is -2.11. The standard InChI is InChI=1S/C15H20N2O/c1-10-14(11-7-8-16-9-11)15-12(17(10)2)5-4-6-13(15)18-3/h4-6,11,16H,7-9H2,1-3H3. The summed E-state index contributed by atoms with van der Waals surface area (Å²) in [6.07, 6.45) is 1.22. The number of ether oxygens (including phenoxy) is 1. The number of benzene rings is 1. The molecular formula is C15H20N2O. The monoisotopic (exact) mass is 244 g/mol. The Balaban J connectivity index is 2.31. The number of aromatic nitrogens is 1. The molecule has 0 spiro atoms. The zero-order valence-electron chi connectivity index (χ0n) is 11.3. The Bertz CT molecular complexity index is 580. The molecule has 0 aliphatic carbocycles. The summed E-state index contributed by atoms with van der Waals surface area (Å²) in [5, 5.41) is 4.76. The molecule has 96 valence electrons. The molecule has 2 aromatic rings. The van der Waals surface area contributed by atoms with Crippen LogP contribution in [0.5, 0.6) is 5.75 Å². The minimum atomic E-state index is 0.616. The fourth-order valence-electron chi connectivity index (χ4n) is 3.18. The van der Waals surface area contributed by atoms with Gasteiger partial charge >= 0.3 is 0 Å². The van der Waals surface area contributed by atoms with Gasteiger partial charge in [-0.15, -0.1) is 0 Å². The molecule has 0 radical (unpaired) electrons. The van der Waals surface area contributed by atoms with Gasteiger partial charge in [-0.3, -0.25) is 0 Å². The number of hydrogen-bond donors (Lipinski definition) is 1. The Kier molecular flexibility index (Phi) is 2.78.